The molecule has 0 radical (unpaired) electrons. The first-order valence-electron chi connectivity index (χ1n) is 9.74. The molecule has 1 aliphatic rings. The smallest absolute Gasteiger partial charge is 0.410 e. The molecular weight excluding hydrogens is 426 g/mol. The van der Waals surface area contributed by atoms with Gasteiger partial charge in [-0.25, -0.2) is 13.2 Å². The van der Waals surface area contributed by atoms with Crippen molar-refractivity contribution in [3.8, 4) is 6.07 Å². The monoisotopic (exact) mass is 453 g/mol. The Labute approximate surface area is 182 Å². The van der Waals surface area contributed by atoms with E-state index in [1.54, 1.807) is 12.1 Å². The van der Waals surface area contributed by atoms with Gasteiger partial charge in [-0.05, 0) is 12.5 Å². The van der Waals surface area contributed by atoms with Crippen LogP contribution < -0.4 is 5.32 Å². The van der Waals surface area contributed by atoms with Gasteiger partial charge in [-0.1, -0.05) is 30.3 Å². The molecular formula is C20H27N3O7S. The molecule has 2 amide bonds. The standard InChI is InChI=1S/C20H27N3O7S/c1-20(15-21,29-14-16-6-4-3-5-7-16)22-18(24)17(8-13-31(2,26)27)30-19(25)23-9-11-28-12-10-23/h3-7,17H,8-14H2,1-2H3,(H,22,24). The second-order valence-electron chi connectivity index (χ2n) is 7.30. The lowest BCUT2D eigenvalue weighted by Crippen LogP contribution is -2.52. The molecule has 0 bridgehead atoms. The highest BCUT2D eigenvalue weighted by Crippen LogP contribution is 2.13. The van der Waals surface area contributed by atoms with Crippen LogP contribution in [0.3, 0.4) is 0 Å². The molecule has 170 valence electrons. The number of ether oxygens (including phenoxy) is 3. The summed E-state index contributed by atoms with van der Waals surface area (Å²) in [6.45, 7) is 2.72. The molecule has 1 fully saturated rings. The summed E-state index contributed by atoms with van der Waals surface area (Å²) in [6.07, 6.45) is -1.38. The van der Waals surface area contributed by atoms with Gasteiger partial charge in [0, 0.05) is 25.8 Å². The van der Waals surface area contributed by atoms with Crippen LogP contribution in [0, 0.1) is 11.3 Å². The third-order valence-electron chi connectivity index (χ3n) is 4.50. The Balaban J connectivity index is 2.06. The van der Waals surface area contributed by atoms with Crippen molar-refractivity contribution >= 4 is 21.8 Å². The van der Waals surface area contributed by atoms with E-state index in [2.05, 4.69) is 5.32 Å². The molecule has 0 saturated carbocycles. The fraction of sp³-hybridized carbons (Fsp3) is 0.550. The molecule has 2 unspecified atom stereocenters. The first-order valence-corrected chi connectivity index (χ1v) is 11.8. The number of carbonyl (C=O) groups excluding carboxylic acids is 2. The second-order valence-corrected chi connectivity index (χ2v) is 9.56. The van der Waals surface area contributed by atoms with Crippen LogP contribution >= 0.6 is 0 Å². The average molecular weight is 454 g/mol. The summed E-state index contributed by atoms with van der Waals surface area (Å²) in [5, 5.41) is 11.9. The molecule has 11 heteroatoms. The van der Waals surface area contributed by atoms with E-state index in [0.29, 0.717) is 26.3 Å². The van der Waals surface area contributed by atoms with Gasteiger partial charge < -0.3 is 24.4 Å². The summed E-state index contributed by atoms with van der Waals surface area (Å²) >= 11 is 0. The van der Waals surface area contributed by atoms with Crippen molar-refractivity contribution in [1.82, 2.24) is 10.2 Å². The van der Waals surface area contributed by atoms with Gasteiger partial charge in [-0.15, -0.1) is 0 Å². The lowest BCUT2D eigenvalue weighted by molar-refractivity contribution is -0.138. The number of hydrogen-bond acceptors (Lipinski definition) is 8. The highest BCUT2D eigenvalue weighted by atomic mass is 32.2. The number of morpholine rings is 1. The highest BCUT2D eigenvalue weighted by molar-refractivity contribution is 7.90. The number of sulfone groups is 1. The van der Waals surface area contributed by atoms with Gasteiger partial charge in [0.2, 0.25) is 5.72 Å². The van der Waals surface area contributed by atoms with Crippen LogP contribution in [0.25, 0.3) is 0 Å². The average Bonchev–Trinajstić information content (AvgIpc) is 2.75. The third kappa shape index (κ3) is 8.53. The van der Waals surface area contributed by atoms with E-state index in [-0.39, 0.29) is 18.8 Å². The molecule has 0 aliphatic carbocycles. The van der Waals surface area contributed by atoms with Crippen molar-refractivity contribution in [2.45, 2.75) is 31.8 Å². The number of carbonyl (C=O) groups is 2. The number of hydrogen-bond donors (Lipinski definition) is 1. The number of nitrogens with one attached hydrogen (secondary N) is 1. The Kier molecular flexibility index (Phi) is 8.79. The first-order chi connectivity index (χ1) is 14.6. The van der Waals surface area contributed by atoms with Crippen LogP contribution in [-0.4, -0.2) is 75.5 Å². The van der Waals surface area contributed by atoms with E-state index in [1.165, 1.54) is 11.8 Å². The third-order valence-corrected chi connectivity index (χ3v) is 5.48. The molecule has 1 N–H and O–H groups in total. The largest absolute Gasteiger partial charge is 0.436 e. The second kappa shape index (κ2) is 11.1. The molecule has 1 aliphatic heterocycles. The van der Waals surface area contributed by atoms with Gasteiger partial charge in [0.05, 0.1) is 25.6 Å². The first kappa shape index (κ1) is 24.6. The zero-order chi connectivity index (χ0) is 22.9. The fourth-order valence-corrected chi connectivity index (χ4v) is 3.36. The minimum atomic E-state index is -3.41. The lowest BCUT2D eigenvalue weighted by Gasteiger charge is -2.29. The fourth-order valence-electron chi connectivity index (χ4n) is 2.72. The van der Waals surface area contributed by atoms with Crippen LogP contribution in [0.15, 0.2) is 30.3 Å². The van der Waals surface area contributed by atoms with E-state index in [1.807, 2.05) is 24.3 Å². The Morgan fingerprint density at radius 2 is 1.94 bits per heavy atom. The highest BCUT2D eigenvalue weighted by Gasteiger charge is 2.34. The van der Waals surface area contributed by atoms with Crippen molar-refractivity contribution in [3.05, 3.63) is 35.9 Å². The van der Waals surface area contributed by atoms with Gasteiger partial charge >= 0.3 is 6.09 Å². The maximum atomic E-state index is 12.8. The summed E-state index contributed by atoms with van der Waals surface area (Å²) in [7, 11) is -3.41. The van der Waals surface area contributed by atoms with E-state index >= 15 is 0 Å². The molecule has 1 aromatic carbocycles. The van der Waals surface area contributed by atoms with Crippen molar-refractivity contribution in [2.75, 3.05) is 38.3 Å². The Morgan fingerprint density at radius 3 is 2.52 bits per heavy atom. The summed E-state index contributed by atoms with van der Waals surface area (Å²) in [5.41, 5.74) is -0.910. The predicted octanol–water partition coefficient (Wildman–Crippen LogP) is 0.831. The molecule has 1 saturated heterocycles. The SMILES string of the molecule is CC(C#N)(NC(=O)C(CCS(C)(=O)=O)OC(=O)N1CCOCC1)OCc1ccccc1. The van der Waals surface area contributed by atoms with Crippen molar-refractivity contribution in [3.63, 3.8) is 0 Å². The van der Waals surface area contributed by atoms with E-state index in [9.17, 15) is 23.3 Å². The van der Waals surface area contributed by atoms with Gasteiger partial charge in [0.1, 0.15) is 15.9 Å². The maximum absolute atomic E-state index is 12.8. The Bertz CT molecular complexity index is 895. The molecule has 0 aromatic heterocycles. The van der Waals surface area contributed by atoms with Gasteiger partial charge in [-0.2, -0.15) is 5.26 Å². The summed E-state index contributed by atoms with van der Waals surface area (Å²) < 4.78 is 39.2. The molecule has 2 rings (SSSR count). The number of nitrogens with zero attached hydrogens (tertiary/aromatic N) is 2. The van der Waals surface area contributed by atoms with Crippen molar-refractivity contribution in [2.24, 2.45) is 0 Å². The van der Waals surface area contributed by atoms with Crippen LogP contribution in [0.2, 0.25) is 0 Å². The normalized spacial score (nSPS) is 17.1. The number of amides is 2. The molecule has 31 heavy (non-hydrogen) atoms. The molecule has 0 spiro atoms. The number of nitriles is 1. The molecule has 1 heterocycles. The predicted molar refractivity (Wildman–Crippen MR) is 110 cm³/mol. The lowest BCUT2D eigenvalue weighted by atomic mass is 10.2. The minimum absolute atomic E-state index is 0.0623. The summed E-state index contributed by atoms with van der Waals surface area (Å²) in [5.74, 6) is -1.18. The quantitative estimate of drug-likeness (QED) is 0.543. The van der Waals surface area contributed by atoms with Crippen LogP contribution in [-0.2, 0) is 35.4 Å². The van der Waals surface area contributed by atoms with Crippen molar-refractivity contribution < 1.29 is 32.2 Å². The van der Waals surface area contributed by atoms with Crippen LogP contribution in [0.4, 0.5) is 4.79 Å². The Hall–Kier alpha value is -2.68. The van der Waals surface area contributed by atoms with Gasteiger partial charge in [0.25, 0.3) is 5.91 Å². The van der Waals surface area contributed by atoms with E-state index < -0.39 is 33.7 Å². The molecule has 10 nitrogen and oxygen atoms in total. The van der Waals surface area contributed by atoms with Gasteiger partial charge in [-0.3, -0.25) is 4.79 Å². The van der Waals surface area contributed by atoms with Crippen molar-refractivity contribution in [1.29, 1.82) is 5.26 Å². The van der Waals surface area contributed by atoms with Crippen LogP contribution in [0.5, 0.6) is 0 Å². The zero-order valence-electron chi connectivity index (χ0n) is 17.6. The van der Waals surface area contributed by atoms with E-state index in [0.717, 1.165) is 11.8 Å². The number of rotatable bonds is 9. The zero-order valence-corrected chi connectivity index (χ0v) is 18.4. The summed E-state index contributed by atoms with van der Waals surface area (Å²) in [4.78, 5) is 26.6. The Morgan fingerprint density at radius 1 is 1.29 bits per heavy atom. The summed E-state index contributed by atoms with van der Waals surface area (Å²) in [6, 6.07) is 11.0. The minimum Gasteiger partial charge on any atom is -0.436 e. The van der Waals surface area contributed by atoms with Gasteiger partial charge in [0.15, 0.2) is 6.10 Å². The molecule has 1 aromatic rings. The number of benzene rings is 1. The molecule has 2 atom stereocenters. The van der Waals surface area contributed by atoms with Crippen LogP contribution in [0.1, 0.15) is 18.9 Å². The topological polar surface area (TPSA) is 135 Å². The van der Waals surface area contributed by atoms with E-state index in [4.69, 9.17) is 14.2 Å². The maximum Gasteiger partial charge on any atom is 0.410 e.